The molecule has 0 amide bonds. The Balaban J connectivity index is 1.69. The van der Waals surface area contributed by atoms with Gasteiger partial charge < -0.3 is 18.9 Å². The summed E-state index contributed by atoms with van der Waals surface area (Å²) in [5.74, 6) is 0.335. The summed E-state index contributed by atoms with van der Waals surface area (Å²) in [7, 11) is 1.53. The molecule has 0 aliphatic carbocycles. The van der Waals surface area contributed by atoms with Crippen molar-refractivity contribution in [2.45, 2.75) is 12.7 Å². The lowest BCUT2D eigenvalue weighted by atomic mass is 10.2. The van der Waals surface area contributed by atoms with Crippen molar-refractivity contribution in [3.63, 3.8) is 0 Å². The standard InChI is InChI=1S/C20H20O5/c1-22-18-14-16(20-23-12-5-13-24-20)9-10-17(18)25-19(21)11-8-15-6-3-2-4-7-15/h2-4,6-11,14,20H,5,12-13H2,1H3/b11-8+. The van der Waals surface area contributed by atoms with Gasteiger partial charge in [-0.25, -0.2) is 4.79 Å². The van der Waals surface area contributed by atoms with Crippen LogP contribution in [0.4, 0.5) is 0 Å². The Kier molecular flexibility index (Phi) is 5.82. The molecule has 25 heavy (non-hydrogen) atoms. The Labute approximate surface area is 146 Å². The van der Waals surface area contributed by atoms with E-state index in [1.165, 1.54) is 13.2 Å². The van der Waals surface area contributed by atoms with Gasteiger partial charge in [-0.2, -0.15) is 0 Å². The van der Waals surface area contributed by atoms with E-state index in [2.05, 4.69) is 0 Å². The Morgan fingerprint density at radius 1 is 1.08 bits per heavy atom. The minimum atomic E-state index is -0.472. The number of ether oxygens (including phenoxy) is 4. The third-order valence-corrected chi connectivity index (χ3v) is 3.71. The number of rotatable bonds is 5. The zero-order chi connectivity index (χ0) is 17.5. The quantitative estimate of drug-likeness (QED) is 0.471. The summed E-state index contributed by atoms with van der Waals surface area (Å²) in [6, 6.07) is 14.8. The molecule has 1 saturated heterocycles. The van der Waals surface area contributed by atoms with Crippen molar-refractivity contribution >= 4 is 12.0 Å². The van der Waals surface area contributed by atoms with Gasteiger partial charge >= 0.3 is 5.97 Å². The van der Waals surface area contributed by atoms with Crippen LogP contribution in [0.2, 0.25) is 0 Å². The molecule has 1 fully saturated rings. The summed E-state index contributed by atoms with van der Waals surface area (Å²) in [5, 5.41) is 0. The van der Waals surface area contributed by atoms with Crippen molar-refractivity contribution in [2.24, 2.45) is 0 Å². The molecule has 2 aromatic rings. The summed E-state index contributed by atoms with van der Waals surface area (Å²) in [6.45, 7) is 1.32. The van der Waals surface area contributed by atoms with Crippen LogP contribution in [0.15, 0.2) is 54.6 Å². The highest BCUT2D eigenvalue weighted by atomic mass is 16.7. The van der Waals surface area contributed by atoms with Gasteiger partial charge in [-0.1, -0.05) is 30.3 Å². The topological polar surface area (TPSA) is 54.0 Å². The third kappa shape index (κ3) is 4.68. The van der Waals surface area contributed by atoms with Crippen LogP contribution in [0.3, 0.4) is 0 Å². The van der Waals surface area contributed by atoms with Gasteiger partial charge in [-0.05, 0) is 36.3 Å². The number of hydrogen-bond acceptors (Lipinski definition) is 5. The molecule has 0 unspecified atom stereocenters. The predicted octanol–water partition coefficient (Wildman–Crippen LogP) is 3.75. The van der Waals surface area contributed by atoms with Crippen LogP contribution in [0, 0.1) is 0 Å². The highest BCUT2D eigenvalue weighted by Gasteiger charge is 2.19. The number of carbonyl (C=O) groups is 1. The van der Waals surface area contributed by atoms with E-state index in [-0.39, 0.29) is 0 Å². The number of hydrogen-bond donors (Lipinski definition) is 0. The van der Waals surface area contributed by atoms with Gasteiger partial charge in [0.2, 0.25) is 0 Å². The van der Waals surface area contributed by atoms with E-state index >= 15 is 0 Å². The Morgan fingerprint density at radius 3 is 2.56 bits per heavy atom. The van der Waals surface area contributed by atoms with Crippen LogP contribution in [-0.4, -0.2) is 26.3 Å². The predicted molar refractivity (Wildman–Crippen MR) is 93.4 cm³/mol. The molecule has 0 aromatic heterocycles. The van der Waals surface area contributed by atoms with Crippen LogP contribution in [0.1, 0.15) is 23.8 Å². The van der Waals surface area contributed by atoms with Gasteiger partial charge in [0.1, 0.15) is 0 Å². The highest BCUT2D eigenvalue weighted by Crippen LogP contribution is 2.33. The SMILES string of the molecule is COc1cc(C2OCCCO2)ccc1OC(=O)/C=C/c1ccccc1. The molecular weight excluding hydrogens is 320 g/mol. The zero-order valence-corrected chi connectivity index (χ0v) is 14.0. The zero-order valence-electron chi connectivity index (χ0n) is 14.0. The second kappa shape index (κ2) is 8.46. The van der Waals surface area contributed by atoms with Gasteiger partial charge in [0, 0.05) is 11.6 Å². The first-order valence-electron chi connectivity index (χ1n) is 8.12. The van der Waals surface area contributed by atoms with E-state index in [9.17, 15) is 4.79 Å². The van der Waals surface area contributed by atoms with Crippen LogP contribution in [0.25, 0.3) is 6.08 Å². The average Bonchev–Trinajstić information content (AvgIpc) is 2.68. The summed E-state index contributed by atoms with van der Waals surface area (Å²) >= 11 is 0. The molecule has 0 bridgehead atoms. The van der Waals surface area contributed by atoms with Crippen molar-refractivity contribution in [2.75, 3.05) is 20.3 Å². The fourth-order valence-corrected chi connectivity index (χ4v) is 2.47. The molecule has 0 atom stereocenters. The van der Waals surface area contributed by atoms with E-state index in [0.29, 0.717) is 24.7 Å². The maximum atomic E-state index is 12.0. The van der Waals surface area contributed by atoms with Gasteiger partial charge in [0.25, 0.3) is 0 Å². The minimum Gasteiger partial charge on any atom is -0.493 e. The largest absolute Gasteiger partial charge is 0.493 e. The van der Waals surface area contributed by atoms with E-state index in [4.69, 9.17) is 18.9 Å². The fourth-order valence-electron chi connectivity index (χ4n) is 2.47. The third-order valence-electron chi connectivity index (χ3n) is 3.71. The first-order valence-corrected chi connectivity index (χ1v) is 8.12. The number of carbonyl (C=O) groups excluding carboxylic acids is 1. The average molecular weight is 340 g/mol. The summed E-state index contributed by atoms with van der Waals surface area (Å²) < 4.78 is 21.8. The lowest BCUT2D eigenvalue weighted by Crippen LogP contribution is -2.17. The molecule has 0 saturated carbocycles. The normalized spacial score (nSPS) is 15.2. The number of methoxy groups -OCH3 is 1. The first kappa shape index (κ1) is 17.2. The van der Waals surface area contributed by atoms with Crippen molar-refractivity contribution in [1.82, 2.24) is 0 Å². The van der Waals surface area contributed by atoms with Gasteiger partial charge in [0.05, 0.1) is 20.3 Å². The van der Waals surface area contributed by atoms with E-state index in [1.807, 2.05) is 36.4 Å². The molecule has 5 heteroatoms. The second-order valence-corrected chi connectivity index (χ2v) is 5.50. The molecular formula is C20H20O5. The molecule has 5 nitrogen and oxygen atoms in total. The number of esters is 1. The van der Waals surface area contributed by atoms with Gasteiger partial charge in [-0.3, -0.25) is 0 Å². The smallest absolute Gasteiger partial charge is 0.336 e. The molecule has 2 aromatic carbocycles. The summed E-state index contributed by atoms with van der Waals surface area (Å²) in [5.41, 5.74) is 1.75. The maximum absolute atomic E-state index is 12.0. The summed E-state index contributed by atoms with van der Waals surface area (Å²) in [4.78, 5) is 12.0. The Hall–Kier alpha value is -2.63. The van der Waals surface area contributed by atoms with Gasteiger partial charge in [0.15, 0.2) is 17.8 Å². The molecule has 3 rings (SSSR count). The van der Waals surface area contributed by atoms with Crippen molar-refractivity contribution in [3.05, 3.63) is 65.7 Å². The number of benzene rings is 2. The van der Waals surface area contributed by atoms with Crippen molar-refractivity contribution < 1.29 is 23.7 Å². The fraction of sp³-hybridized carbons (Fsp3) is 0.250. The van der Waals surface area contributed by atoms with Crippen molar-refractivity contribution in [3.8, 4) is 11.5 Å². The van der Waals surface area contributed by atoms with E-state index in [0.717, 1.165) is 17.5 Å². The molecule has 1 aliphatic rings. The molecule has 0 spiro atoms. The van der Waals surface area contributed by atoms with Crippen molar-refractivity contribution in [1.29, 1.82) is 0 Å². The molecule has 1 heterocycles. The lowest BCUT2D eigenvalue weighted by molar-refractivity contribution is -0.183. The monoisotopic (exact) mass is 340 g/mol. The minimum absolute atomic E-state index is 0.352. The van der Waals surface area contributed by atoms with E-state index < -0.39 is 12.3 Å². The molecule has 0 N–H and O–H groups in total. The first-order chi connectivity index (χ1) is 12.3. The molecule has 0 radical (unpaired) electrons. The second-order valence-electron chi connectivity index (χ2n) is 5.50. The highest BCUT2D eigenvalue weighted by molar-refractivity contribution is 5.89. The molecule has 1 aliphatic heterocycles. The van der Waals surface area contributed by atoms with Crippen LogP contribution >= 0.6 is 0 Å². The van der Waals surface area contributed by atoms with Crippen LogP contribution in [0.5, 0.6) is 11.5 Å². The lowest BCUT2D eigenvalue weighted by Gasteiger charge is -2.24. The maximum Gasteiger partial charge on any atom is 0.336 e. The van der Waals surface area contributed by atoms with Crippen LogP contribution < -0.4 is 9.47 Å². The molecule has 130 valence electrons. The van der Waals surface area contributed by atoms with E-state index in [1.54, 1.807) is 18.2 Å². The summed E-state index contributed by atoms with van der Waals surface area (Å²) in [6.07, 6.45) is 3.56. The van der Waals surface area contributed by atoms with Gasteiger partial charge in [-0.15, -0.1) is 0 Å². The Morgan fingerprint density at radius 2 is 1.84 bits per heavy atom. The Bertz CT molecular complexity index is 733. The van der Waals surface area contributed by atoms with Crippen LogP contribution in [-0.2, 0) is 14.3 Å².